The molecular formula is C32H31F3N2O12. The van der Waals surface area contributed by atoms with E-state index in [1.165, 1.54) is 36.4 Å². The molecule has 0 radical (unpaired) electrons. The van der Waals surface area contributed by atoms with Gasteiger partial charge in [0.2, 0.25) is 5.78 Å². The number of hydrogen-bond acceptors (Lipinski definition) is 12. The predicted octanol–water partition coefficient (Wildman–Crippen LogP) is 3.21. The molecule has 0 spiro atoms. The number of nitrogens with zero attached hydrogens (tertiary/aromatic N) is 1. The molecule has 0 aromatic heterocycles. The topological polar surface area (TPSA) is 220 Å². The summed E-state index contributed by atoms with van der Waals surface area (Å²) in [6.07, 6.45) is -5.88. The number of esters is 2. The molecule has 0 unspecified atom stereocenters. The highest BCUT2D eigenvalue weighted by atomic mass is 19.4. The Kier molecular flexibility index (Phi) is 11.8. The number of benzene rings is 3. The lowest BCUT2D eigenvalue weighted by Crippen LogP contribution is -2.44. The summed E-state index contributed by atoms with van der Waals surface area (Å²) in [6.45, 7) is 4.57. The summed E-state index contributed by atoms with van der Waals surface area (Å²) in [4.78, 5) is 62.2. The first kappa shape index (κ1) is 37.6. The van der Waals surface area contributed by atoms with Crippen molar-refractivity contribution in [2.75, 3.05) is 20.2 Å². The largest absolute Gasteiger partial charge is 0.508 e. The van der Waals surface area contributed by atoms with Crippen molar-refractivity contribution in [3.63, 3.8) is 0 Å². The van der Waals surface area contributed by atoms with Gasteiger partial charge in [-0.05, 0) is 62.4 Å². The number of phenols is 4. The number of carbonyl (C=O) groups is 5. The summed E-state index contributed by atoms with van der Waals surface area (Å²) in [5.74, 6) is -8.28. The molecule has 17 heteroatoms. The zero-order valence-corrected chi connectivity index (χ0v) is 26.0. The predicted molar refractivity (Wildman–Crippen MR) is 162 cm³/mol. The van der Waals surface area contributed by atoms with E-state index in [0.29, 0.717) is 18.7 Å². The second-order valence-corrected chi connectivity index (χ2v) is 10.8. The number of carboxylic acids is 1. The van der Waals surface area contributed by atoms with Gasteiger partial charge >= 0.3 is 24.1 Å². The summed E-state index contributed by atoms with van der Waals surface area (Å²) in [7, 11) is 1.09. The molecule has 1 saturated heterocycles. The number of carboxylic acid groups (broad SMARTS) is 1. The summed E-state index contributed by atoms with van der Waals surface area (Å²) in [5, 5.41) is 51.0. The van der Waals surface area contributed by atoms with Gasteiger partial charge in [0.1, 0.15) is 34.7 Å². The molecule has 49 heavy (non-hydrogen) atoms. The molecule has 0 aliphatic carbocycles. The Bertz CT molecular complexity index is 1720. The van der Waals surface area contributed by atoms with Gasteiger partial charge in [-0.25, -0.2) is 14.4 Å². The third-order valence-electron chi connectivity index (χ3n) is 7.21. The van der Waals surface area contributed by atoms with Crippen molar-refractivity contribution in [2.45, 2.75) is 38.2 Å². The van der Waals surface area contributed by atoms with E-state index in [2.05, 4.69) is 10.1 Å². The van der Waals surface area contributed by atoms with E-state index in [1.54, 1.807) is 0 Å². The lowest BCUT2D eigenvalue weighted by Gasteiger charge is -2.21. The van der Waals surface area contributed by atoms with E-state index >= 15 is 0 Å². The number of nitrogens with one attached hydrogen (secondary N) is 1. The number of likely N-dealkylation sites (tertiary alicyclic amines) is 1. The number of methoxy groups -OCH3 is 1. The maximum atomic E-state index is 13.2. The van der Waals surface area contributed by atoms with Gasteiger partial charge in [0.05, 0.1) is 29.8 Å². The number of amides is 1. The lowest BCUT2D eigenvalue weighted by atomic mass is 9.95. The normalized spacial score (nSPS) is 15.9. The van der Waals surface area contributed by atoms with Crippen LogP contribution in [0.15, 0.2) is 54.6 Å². The Labute approximate surface area is 275 Å². The molecule has 262 valence electrons. The van der Waals surface area contributed by atoms with E-state index in [4.69, 9.17) is 14.6 Å². The molecule has 4 rings (SSSR count). The summed E-state index contributed by atoms with van der Waals surface area (Å²) >= 11 is 0. The fraction of sp³-hybridized carbons (Fsp3) is 0.281. The maximum absolute atomic E-state index is 13.2. The van der Waals surface area contributed by atoms with E-state index in [0.717, 1.165) is 25.3 Å². The van der Waals surface area contributed by atoms with Crippen molar-refractivity contribution < 1.29 is 72.2 Å². The second-order valence-electron chi connectivity index (χ2n) is 10.8. The zero-order chi connectivity index (χ0) is 36.8. The van der Waals surface area contributed by atoms with Gasteiger partial charge in [0.25, 0.3) is 5.91 Å². The minimum atomic E-state index is -5.08. The second kappa shape index (κ2) is 15.4. The first-order valence-corrected chi connectivity index (χ1v) is 14.2. The van der Waals surface area contributed by atoms with Gasteiger partial charge < -0.3 is 40.3 Å². The quantitative estimate of drug-likeness (QED) is 0.148. The number of ketones is 1. The SMILES string of the molecule is COC(=O)c1cccc(O)c1C(=O)c1c(O)cc(C(=O)O[C@@H]2CN(C(C)C)C[C@H]2NC(=O)c2ccc(O)cc2)cc1O.O=C(O)C(F)(F)F. The van der Waals surface area contributed by atoms with Crippen LogP contribution in [0.1, 0.15) is 60.8 Å². The van der Waals surface area contributed by atoms with Crippen LogP contribution in [0.4, 0.5) is 13.2 Å². The molecule has 3 aromatic carbocycles. The number of hydrogen-bond donors (Lipinski definition) is 6. The minimum Gasteiger partial charge on any atom is -0.508 e. The molecule has 2 atom stereocenters. The highest BCUT2D eigenvalue weighted by molar-refractivity contribution is 6.18. The zero-order valence-electron chi connectivity index (χ0n) is 26.0. The summed E-state index contributed by atoms with van der Waals surface area (Å²) in [6, 6.07) is 10.7. The van der Waals surface area contributed by atoms with Crippen LogP contribution in [-0.2, 0) is 14.3 Å². The summed E-state index contributed by atoms with van der Waals surface area (Å²) in [5.41, 5.74) is -1.42. The number of alkyl halides is 3. The number of aromatic hydroxyl groups is 4. The first-order valence-electron chi connectivity index (χ1n) is 14.2. The number of ether oxygens (including phenoxy) is 2. The van der Waals surface area contributed by atoms with Gasteiger partial charge in [-0.2, -0.15) is 13.2 Å². The van der Waals surface area contributed by atoms with Crippen molar-refractivity contribution in [3.8, 4) is 23.0 Å². The fourth-order valence-corrected chi connectivity index (χ4v) is 4.70. The molecule has 0 saturated carbocycles. The summed E-state index contributed by atoms with van der Waals surface area (Å²) < 4.78 is 42.1. The molecule has 14 nitrogen and oxygen atoms in total. The van der Waals surface area contributed by atoms with Crippen LogP contribution < -0.4 is 5.32 Å². The molecule has 6 N–H and O–H groups in total. The minimum absolute atomic E-state index is 0.00825. The molecular weight excluding hydrogens is 661 g/mol. The highest BCUT2D eigenvalue weighted by Gasteiger charge is 2.39. The monoisotopic (exact) mass is 692 g/mol. The third-order valence-corrected chi connectivity index (χ3v) is 7.21. The molecule has 0 bridgehead atoms. The third kappa shape index (κ3) is 9.16. The van der Waals surface area contributed by atoms with Gasteiger partial charge in [-0.3, -0.25) is 14.5 Å². The smallest absolute Gasteiger partial charge is 0.490 e. The van der Waals surface area contributed by atoms with Crippen LogP contribution in [0, 0.1) is 0 Å². The molecule has 1 heterocycles. The Morgan fingerprint density at radius 3 is 1.92 bits per heavy atom. The van der Waals surface area contributed by atoms with E-state index in [1.807, 2.05) is 18.7 Å². The molecule has 3 aromatic rings. The number of halogens is 3. The van der Waals surface area contributed by atoms with Crippen molar-refractivity contribution in [1.82, 2.24) is 10.2 Å². The van der Waals surface area contributed by atoms with Crippen LogP contribution in [-0.4, -0.2) is 105 Å². The van der Waals surface area contributed by atoms with E-state index in [-0.39, 0.29) is 22.9 Å². The van der Waals surface area contributed by atoms with Crippen LogP contribution in [0.3, 0.4) is 0 Å². The van der Waals surface area contributed by atoms with Gasteiger partial charge in [0.15, 0.2) is 0 Å². The molecule has 1 amide bonds. The van der Waals surface area contributed by atoms with Gasteiger partial charge in [-0.1, -0.05) is 6.07 Å². The van der Waals surface area contributed by atoms with Crippen molar-refractivity contribution >= 4 is 29.6 Å². The van der Waals surface area contributed by atoms with Crippen molar-refractivity contribution in [3.05, 3.63) is 82.4 Å². The Hall–Kier alpha value is -5.84. The average Bonchev–Trinajstić information content (AvgIpc) is 3.42. The van der Waals surface area contributed by atoms with Gasteiger partial charge in [-0.15, -0.1) is 0 Å². The average molecular weight is 693 g/mol. The van der Waals surface area contributed by atoms with E-state index < -0.39 is 76.3 Å². The van der Waals surface area contributed by atoms with Gasteiger partial charge in [0, 0.05) is 24.7 Å². The van der Waals surface area contributed by atoms with Crippen LogP contribution in [0.5, 0.6) is 23.0 Å². The van der Waals surface area contributed by atoms with Crippen LogP contribution in [0.2, 0.25) is 0 Å². The van der Waals surface area contributed by atoms with Crippen LogP contribution >= 0.6 is 0 Å². The number of aliphatic carboxylic acids is 1. The number of carbonyl (C=O) groups excluding carboxylic acids is 4. The Morgan fingerprint density at radius 1 is 0.837 bits per heavy atom. The molecule has 1 fully saturated rings. The number of phenolic OH excluding ortho intramolecular Hbond substituents is 4. The van der Waals surface area contributed by atoms with Crippen molar-refractivity contribution in [1.29, 1.82) is 0 Å². The standard InChI is InChI=1S/C30H30N2O10.C2HF3O2/c1-15(2)32-13-20(31-28(38)16-7-9-18(33)10-8-16)24(14-32)42-29(39)17-11-22(35)26(23(36)12-17)27(37)25-19(30(40)41-3)5-4-6-21(25)34;3-2(4,5)1(6)7/h4-12,15,20,24,33-36H,13-14H2,1-3H3,(H,31,38);(H,6,7)/t20-,24-;/m1./s1. The maximum Gasteiger partial charge on any atom is 0.490 e. The highest BCUT2D eigenvalue weighted by Crippen LogP contribution is 2.35. The van der Waals surface area contributed by atoms with Crippen LogP contribution in [0.25, 0.3) is 0 Å². The number of rotatable bonds is 8. The molecule has 1 aliphatic rings. The Balaban J connectivity index is 0.000000838. The Morgan fingerprint density at radius 2 is 1.41 bits per heavy atom. The van der Waals surface area contributed by atoms with E-state index in [9.17, 15) is 52.8 Å². The molecule has 1 aliphatic heterocycles. The lowest BCUT2D eigenvalue weighted by molar-refractivity contribution is -0.192. The van der Waals surface area contributed by atoms with Crippen molar-refractivity contribution in [2.24, 2.45) is 0 Å². The first-order chi connectivity index (χ1) is 22.8. The fourth-order valence-electron chi connectivity index (χ4n) is 4.70.